The number of rotatable bonds is 3. The number of aryl methyl sites for hydroxylation is 1. The first kappa shape index (κ1) is 12.3. The van der Waals surface area contributed by atoms with Crippen molar-refractivity contribution in [1.29, 1.82) is 0 Å². The largest absolute Gasteiger partial charge is 0.294 e. The van der Waals surface area contributed by atoms with Gasteiger partial charge in [-0.25, -0.2) is 0 Å². The van der Waals surface area contributed by atoms with Gasteiger partial charge in [0.25, 0.3) is 0 Å². The average Bonchev–Trinajstić information content (AvgIpc) is 2.38. The van der Waals surface area contributed by atoms with Crippen LogP contribution in [-0.4, -0.2) is 5.78 Å². The lowest BCUT2D eigenvalue weighted by Crippen LogP contribution is -2.23. The molecule has 1 nitrogen and oxygen atoms in total. The van der Waals surface area contributed by atoms with Gasteiger partial charge in [-0.15, -0.1) is 0 Å². The van der Waals surface area contributed by atoms with E-state index in [0.717, 1.165) is 29.9 Å². The molecule has 1 aliphatic carbocycles. The monoisotopic (exact) mass is 230 g/mol. The normalized spacial score (nSPS) is 24.6. The fourth-order valence-electron chi connectivity index (χ4n) is 2.97. The quantitative estimate of drug-likeness (QED) is 0.704. The van der Waals surface area contributed by atoms with Gasteiger partial charge >= 0.3 is 0 Å². The molecule has 0 aromatic heterocycles. The number of hydrogen-bond donors (Lipinski definition) is 0. The SMILES string of the molecule is CCC1CCCC(C(=O)c2ccccc2C)C1. The molecule has 92 valence electrons. The van der Waals surface area contributed by atoms with E-state index in [0.29, 0.717) is 5.78 Å². The molecule has 2 atom stereocenters. The summed E-state index contributed by atoms with van der Waals surface area (Å²) >= 11 is 0. The second-order valence-electron chi connectivity index (χ2n) is 5.32. The van der Waals surface area contributed by atoms with Crippen LogP contribution in [0.3, 0.4) is 0 Å². The lowest BCUT2D eigenvalue weighted by Gasteiger charge is -2.27. The molecular formula is C16H22O. The Bertz CT molecular complexity index is 394. The maximum absolute atomic E-state index is 12.5. The van der Waals surface area contributed by atoms with Crippen LogP contribution < -0.4 is 0 Å². The number of benzene rings is 1. The molecule has 2 unspecified atom stereocenters. The minimum absolute atomic E-state index is 0.273. The Balaban J connectivity index is 2.12. The Morgan fingerprint density at radius 3 is 2.76 bits per heavy atom. The van der Waals surface area contributed by atoms with Crippen molar-refractivity contribution in [2.75, 3.05) is 0 Å². The van der Waals surface area contributed by atoms with Crippen molar-refractivity contribution in [2.24, 2.45) is 11.8 Å². The third-order valence-electron chi connectivity index (χ3n) is 4.14. The van der Waals surface area contributed by atoms with E-state index in [9.17, 15) is 4.79 Å². The average molecular weight is 230 g/mol. The third-order valence-corrected chi connectivity index (χ3v) is 4.14. The summed E-state index contributed by atoms with van der Waals surface area (Å²) in [4.78, 5) is 12.5. The first-order valence-electron chi connectivity index (χ1n) is 6.82. The summed E-state index contributed by atoms with van der Waals surface area (Å²) in [5, 5.41) is 0. The van der Waals surface area contributed by atoms with Crippen molar-refractivity contribution < 1.29 is 4.79 Å². The molecule has 0 aliphatic heterocycles. The fraction of sp³-hybridized carbons (Fsp3) is 0.562. The van der Waals surface area contributed by atoms with Crippen molar-refractivity contribution in [3.8, 4) is 0 Å². The van der Waals surface area contributed by atoms with Crippen molar-refractivity contribution in [3.63, 3.8) is 0 Å². The highest BCUT2D eigenvalue weighted by Gasteiger charge is 2.27. The van der Waals surface area contributed by atoms with Gasteiger partial charge in [-0.05, 0) is 31.2 Å². The minimum Gasteiger partial charge on any atom is -0.294 e. The molecule has 1 aromatic carbocycles. The lowest BCUT2D eigenvalue weighted by atomic mass is 9.76. The molecule has 0 amide bonds. The number of carbonyl (C=O) groups is 1. The molecule has 0 spiro atoms. The molecule has 1 saturated carbocycles. The Labute approximate surface area is 104 Å². The van der Waals surface area contributed by atoms with Crippen molar-refractivity contribution in [1.82, 2.24) is 0 Å². The minimum atomic E-state index is 0.273. The number of Topliss-reactive ketones (excluding diaryl/α,β-unsaturated/α-hetero) is 1. The molecular weight excluding hydrogens is 208 g/mol. The zero-order valence-corrected chi connectivity index (χ0v) is 10.9. The highest BCUT2D eigenvalue weighted by atomic mass is 16.1. The summed E-state index contributed by atoms with van der Waals surface area (Å²) in [7, 11) is 0. The highest BCUT2D eigenvalue weighted by Crippen LogP contribution is 2.33. The smallest absolute Gasteiger partial charge is 0.166 e. The summed E-state index contributed by atoms with van der Waals surface area (Å²) in [5.41, 5.74) is 2.06. The van der Waals surface area contributed by atoms with Gasteiger partial charge in [-0.2, -0.15) is 0 Å². The molecule has 1 aromatic rings. The van der Waals surface area contributed by atoms with Crippen molar-refractivity contribution in [2.45, 2.75) is 46.0 Å². The van der Waals surface area contributed by atoms with E-state index in [-0.39, 0.29) is 5.92 Å². The second-order valence-corrected chi connectivity index (χ2v) is 5.32. The van der Waals surface area contributed by atoms with Crippen molar-refractivity contribution >= 4 is 5.78 Å². The topological polar surface area (TPSA) is 17.1 Å². The van der Waals surface area contributed by atoms with Gasteiger partial charge < -0.3 is 0 Å². The first-order valence-corrected chi connectivity index (χ1v) is 6.82. The Morgan fingerprint density at radius 2 is 2.06 bits per heavy atom. The molecule has 2 rings (SSSR count). The van der Waals surface area contributed by atoms with Crippen LogP contribution >= 0.6 is 0 Å². The summed E-state index contributed by atoms with van der Waals surface area (Å²) in [6.07, 6.45) is 5.94. The number of ketones is 1. The molecule has 0 bridgehead atoms. The maximum Gasteiger partial charge on any atom is 0.166 e. The molecule has 0 N–H and O–H groups in total. The van der Waals surface area contributed by atoms with Gasteiger partial charge in [0.15, 0.2) is 5.78 Å². The van der Waals surface area contributed by atoms with E-state index in [1.54, 1.807) is 0 Å². The summed E-state index contributed by atoms with van der Waals surface area (Å²) < 4.78 is 0. The van der Waals surface area contributed by atoms with Gasteiger partial charge in [0.2, 0.25) is 0 Å². The molecule has 1 heteroatoms. The van der Waals surface area contributed by atoms with Crippen molar-refractivity contribution in [3.05, 3.63) is 35.4 Å². The van der Waals surface area contributed by atoms with Crippen LogP contribution in [0.1, 0.15) is 54.9 Å². The van der Waals surface area contributed by atoms with Crippen LogP contribution in [0.2, 0.25) is 0 Å². The van der Waals surface area contributed by atoms with Gasteiger partial charge in [0.05, 0.1) is 0 Å². The maximum atomic E-state index is 12.5. The van der Waals surface area contributed by atoms with Gasteiger partial charge in [0.1, 0.15) is 0 Å². The van der Waals surface area contributed by atoms with E-state index in [1.165, 1.54) is 19.3 Å². The van der Waals surface area contributed by atoms with Crippen LogP contribution in [0.25, 0.3) is 0 Å². The van der Waals surface area contributed by atoms with Gasteiger partial charge in [0, 0.05) is 11.5 Å². The predicted octanol–water partition coefficient (Wildman–Crippen LogP) is 4.39. The Morgan fingerprint density at radius 1 is 1.29 bits per heavy atom. The van der Waals surface area contributed by atoms with E-state index >= 15 is 0 Å². The molecule has 1 aliphatic rings. The van der Waals surface area contributed by atoms with E-state index < -0.39 is 0 Å². The summed E-state index contributed by atoms with van der Waals surface area (Å²) in [5.74, 6) is 1.41. The Kier molecular flexibility index (Phi) is 3.98. The second kappa shape index (κ2) is 5.48. The molecule has 0 radical (unpaired) electrons. The highest BCUT2D eigenvalue weighted by molar-refractivity contribution is 5.99. The van der Waals surface area contributed by atoms with Crippen LogP contribution in [0.4, 0.5) is 0 Å². The fourth-order valence-corrected chi connectivity index (χ4v) is 2.97. The van der Waals surface area contributed by atoms with Gasteiger partial charge in [-0.3, -0.25) is 4.79 Å². The zero-order chi connectivity index (χ0) is 12.3. The van der Waals surface area contributed by atoms with Crippen LogP contribution in [0, 0.1) is 18.8 Å². The molecule has 1 fully saturated rings. The number of hydrogen-bond acceptors (Lipinski definition) is 1. The predicted molar refractivity (Wildman–Crippen MR) is 71.2 cm³/mol. The number of carbonyl (C=O) groups excluding carboxylic acids is 1. The molecule has 0 saturated heterocycles. The molecule has 0 heterocycles. The molecule has 17 heavy (non-hydrogen) atoms. The van der Waals surface area contributed by atoms with Crippen LogP contribution in [0.15, 0.2) is 24.3 Å². The van der Waals surface area contributed by atoms with E-state index in [4.69, 9.17) is 0 Å². The van der Waals surface area contributed by atoms with Gasteiger partial charge in [-0.1, -0.05) is 50.5 Å². The van der Waals surface area contributed by atoms with Crippen LogP contribution in [0.5, 0.6) is 0 Å². The van der Waals surface area contributed by atoms with E-state index in [2.05, 4.69) is 6.92 Å². The summed E-state index contributed by atoms with van der Waals surface area (Å²) in [6, 6.07) is 7.99. The zero-order valence-electron chi connectivity index (χ0n) is 10.9. The standard InChI is InChI=1S/C16H22O/c1-3-13-8-6-9-14(11-13)16(17)15-10-5-4-7-12(15)2/h4-5,7,10,13-14H,3,6,8-9,11H2,1-2H3. The van der Waals surface area contributed by atoms with E-state index in [1.807, 2.05) is 31.2 Å². The lowest BCUT2D eigenvalue weighted by molar-refractivity contribution is 0.0861. The van der Waals surface area contributed by atoms with Crippen LogP contribution in [-0.2, 0) is 0 Å². The summed E-state index contributed by atoms with van der Waals surface area (Å²) in [6.45, 7) is 4.28. The first-order chi connectivity index (χ1) is 8.22. The Hall–Kier alpha value is -1.11. The third kappa shape index (κ3) is 2.77.